The van der Waals surface area contributed by atoms with E-state index in [-0.39, 0.29) is 0 Å². The zero-order valence-electron chi connectivity index (χ0n) is 10.8. The Morgan fingerprint density at radius 2 is 1.89 bits per heavy atom. The van der Waals surface area contributed by atoms with Gasteiger partial charge in [0.25, 0.3) is 0 Å². The maximum absolute atomic E-state index is 5.42. The van der Waals surface area contributed by atoms with Crippen LogP contribution in [-0.4, -0.2) is 9.55 Å². The molecule has 0 bridgehead atoms. The fourth-order valence-electron chi connectivity index (χ4n) is 2.21. The van der Waals surface area contributed by atoms with Crippen LogP contribution in [0.2, 0.25) is 0 Å². The van der Waals surface area contributed by atoms with Crippen molar-refractivity contribution >= 4 is 23.6 Å². The maximum Gasteiger partial charge on any atom is 0.182 e. The molecule has 0 aliphatic carbocycles. The van der Waals surface area contributed by atoms with Crippen LogP contribution in [0.15, 0.2) is 42.6 Å². The third-order valence-electron chi connectivity index (χ3n) is 3.08. The fourth-order valence-corrected chi connectivity index (χ4v) is 3.42. The first kappa shape index (κ1) is 12.4. The second kappa shape index (κ2) is 4.79. The molecular formula is C15H14N2S2. The minimum atomic E-state index is 0.726. The summed E-state index contributed by atoms with van der Waals surface area (Å²) in [6.45, 7) is 4.27. The molecule has 0 saturated carbocycles. The lowest BCUT2D eigenvalue weighted by molar-refractivity contribution is 1.03. The second-order valence-corrected chi connectivity index (χ2v) is 6.35. The Morgan fingerprint density at radius 1 is 1.16 bits per heavy atom. The number of nitrogens with zero attached hydrogens (tertiary/aromatic N) is 1. The molecule has 96 valence electrons. The highest BCUT2D eigenvalue weighted by Crippen LogP contribution is 2.30. The molecule has 0 spiro atoms. The van der Waals surface area contributed by atoms with Gasteiger partial charge in [0.15, 0.2) is 4.77 Å². The number of hydrogen-bond donors (Lipinski definition) is 1. The average molecular weight is 286 g/mol. The van der Waals surface area contributed by atoms with E-state index in [1.165, 1.54) is 15.3 Å². The molecule has 2 aromatic heterocycles. The predicted molar refractivity (Wildman–Crippen MR) is 83.7 cm³/mol. The Morgan fingerprint density at radius 3 is 2.53 bits per heavy atom. The van der Waals surface area contributed by atoms with Crippen molar-refractivity contribution in [3.8, 4) is 16.9 Å². The Bertz CT molecular complexity index is 763. The number of rotatable bonds is 2. The Labute approximate surface area is 121 Å². The highest BCUT2D eigenvalue weighted by molar-refractivity contribution is 7.71. The van der Waals surface area contributed by atoms with Gasteiger partial charge in [-0.2, -0.15) is 0 Å². The summed E-state index contributed by atoms with van der Waals surface area (Å²) in [6, 6.07) is 12.4. The molecule has 0 atom stereocenters. The van der Waals surface area contributed by atoms with Crippen LogP contribution in [0.4, 0.5) is 0 Å². The number of H-pyrrole nitrogens is 1. The molecule has 0 radical (unpaired) electrons. The Kier molecular flexibility index (Phi) is 3.12. The zero-order chi connectivity index (χ0) is 13.4. The number of thiophene rings is 1. The van der Waals surface area contributed by atoms with E-state index in [9.17, 15) is 0 Å². The number of nitrogens with one attached hydrogen (secondary N) is 1. The Balaban J connectivity index is 2.13. The van der Waals surface area contributed by atoms with Crippen LogP contribution in [0.5, 0.6) is 0 Å². The van der Waals surface area contributed by atoms with Crippen LogP contribution < -0.4 is 0 Å². The molecule has 0 fully saturated rings. The normalized spacial score (nSPS) is 10.8. The minimum absolute atomic E-state index is 0.726. The summed E-state index contributed by atoms with van der Waals surface area (Å²) in [4.78, 5) is 5.93. The van der Waals surface area contributed by atoms with Gasteiger partial charge in [-0.25, -0.2) is 0 Å². The molecule has 0 aliphatic rings. The summed E-state index contributed by atoms with van der Waals surface area (Å²) in [7, 11) is 0. The monoisotopic (exact) mass is 286 g/mol. The van der Waals surface area contributed by atoms with Gasteiger partial charge < -0.3 is 4.98 Å². The SMILES string of the molecule is Cc1cc(-c2cn(-c3ccccc3)c(=S)[nH]2)c(C)s1. The molecular weight excluding hydrogens is 272 g/mol. The van der Waals surface area contributed by atoms with Crippen molar-refractivity contribution in [2.24, 2.45) is 0 Å². The fraction of sp³-hybridized carbons (Fsp3) is 0.133. The van der Waals surface area contributed by atoms with E-state index in [4.69, 9.17) is 12.2 Å². The van der Waals surface area contributed by atoms with Crippen LogP contribution in [0, 0.1) is 18.6 Å². The highest BCUT2D eigenvalue weighted by atomic mass is 32.1. The smallest absolute Gasteiger partial charge is 0.182 e. The lowest BCUT2D eigenvalue weighted by Gasteiger charge is -2.00. The number of imidazole rings is 1. The lowest BCUT2D eigenvalue weighted by Crippen LogP contribution is -1.90. The Hall–Kier alpha value is -1.65. The first-order chi connectivity index (χ1) is 9.15. The van der Waals surface area contributed by atoms with Crippen LogP contribution in [0.3, 0.4) is 0 Å². The van der Waals surface area contributed by atoms with Crippen molar-refractivity contribution < 1.29 is 0 Å². The first-order valence-electron chi connectivity index (χ1n) is 6.09. The number of aryl methyl sites for hydroxylation is 2. The summed E-state index contributed by atoms with van der Waals surface area (Å²) < 4.78 is 2.74. The molecule has 1 aromatic carbocycles. The van der Waals surface area contributed by atoms with E-state index in [1.807, 2.05) is 34.1 Å². The van der Waals surface area contributed by atoms with Gasteiger partial charge in [0.1, 0.15) is 0 Å². The second-order valence-electron chi connectivity index (χ2n) is 4.51. The quantitative estimate of drug-likeness (QED) is 0.666. The van der Waals surface area contributed by atoms with Gasteiger partial charge in [-0.3, -0.25) is 4.57 Å². The van der Waals surface area contributed by atoms with Gasteiger partial charge in [0, 0.05) is 27.2 Å². The molecule has 0 aliphatic heterocycles. The molecule has 2 nitrogen and oxygen atoms in total. The minimum Gasteiger partial charge on any atom is -0.330 e. The molecule has 2 heterocycles. The number of aromatic nitrogens is 2. The third kappa shape index (κ3) is 2.29. The molecule has 0 unspecified atom stereocenters. The third-order valence-corrected chi connectivity index (χ3v) is 4.35. The van der Waals surface area contributed by atoms with E-state index in [2.05, 4.69) is 43.2 Å². The van der Waals surface area contributed by atoms with E-state index in [0.29, 0.717) is 0 Å². The number of aromatic amines is 1. The molecule has 4 heteroatoms. The molecule has 3 rings (SSSR count). The molecule has 19 heavy (non-hydrogen) atoms. The first-order valence-corrected chi connectivity index (χ1v) is 7.32. The van der Waals surface area contributed by atoms with Crippen molar-refractivity contribution in [2.45, 2.75) is 13.8 Å². The van der Waals surface area contributed by atoms with Gasteiger partial charge >= 0.3 is 0 Å². The van der Waals surface area contributed by atoms with Crippen LogP contribution in [-0.2, 0) is 0 Å². The van der Waals surface area contributed by atoms with E-state index in [1.54, 1.807) is 0 Å². The standard InChI is InChI=1S/C15H14N2S2/c1-10-8-13(11(2)19-10)14-9-17(15(18)16-14)12-6-4-3-5-7-12/h3-9H,1-2H3,(H,16,18). The van der Waals surface area contributed by atoms with Gasteiger partial charge in [0.2, 0.25) is 0 Å². The zero-order valence-corrected chi connectivity index (χ0v) is 12.4. The van der Waals surface area contributed by atoms with E-state index < -0.39 is 0 Å². The summed E-state index contributed by atoms with van der Waals surface area (Å²) in [5.74, 6) is 0. The summed E-state index contributed by atoms with van der Waals surface area (Å²) in [6.07, 6.45) is 2.08. The van der Waals surface area contributed by atoms with Crippen LogP contribution in [0.1, 0.15) is 9.75 Å². The van der Waals surface area contributed by atoms with Gasteiger partial charge in [-0.15, -0.1) is 11.3 Å². The van der Waals surface area contributed by atoms with Gasteiger partial charge in [-0.1, -0.05) is 18.2 Å². The summed E-state index contributed by atoms with van der Waals surface area (Å²) in [5, 5.41) is 0. The molecule has 1 N–H and O–H groups in total. The molecule has 0 amide bonds. The summed E-state index contributed by atoms with van der Waals surface area (Å²) >= 11 is 7.23. The lowest BCUT2D eigenvalue weighted by atomic mass is 10.2. The van der Waals surface area contributed by atoms with E-state index >= 15 is 0 Å². The predicted octanol–water partition coefficient (Wildman–Crippen LogP) is 4.88. The van der Waals surface area contributed by atoms with Crippen molar-refractivity contribution in [3.63, 3.8) is 0 Å². The average Bonchev–Trinajstić information content (AvgIpc) is 2.93. The largest absolute Gasteiger partial charge is 0.330 e. The van der Waals surface area contributed by atoms with Crippen molar-refractivity contribution in [3.05, 3.63) is 57.1 Å². The van der Waals surface area contributed by atoms with Crippen molar-refractivity contribution in [1.82, 2.24) is 9.55 Å². The molecule has 0 saturated heterocycles. The van der Waals surface area contributed by atoms with Crippen molar-refractivity contribution in [2.75, 3.05) is 0 Å². The van der Waals surface area contributed by atoms with Gasteiger partial charge in [-0.05, 0) is 44.3 Å². The number of para-hydroxylation sites is 1. The van der Waals surface area contributed by atoms with Crippen LogP contribution in [0.25, 0.3) is 16.9 Å². The van der Waals surface area contributed by atoms with Crippen LogP contribution >= 0.6 is 23.6 Å². The number of hydrogen-bond acceptors (Lipinski definition) is 2. The van der Waals surface area contributed by atoms with Gasteiger partial charge in [0.05, 0.1) is 5.69 Å². The van der Waals surface area contributed by atoms with E-state index in [0.717, 1.165) is 16.2 Å². The maximum atomic E-state index is 5.42. The van der Waals surface area contributed by atoms with Crippen molar-refractivity contribution in [1.29, 1.82) is 0 Å². The summed E-state index contributed by atoms with van der Waals surface area (Å²) in [5.41, 5.74) is 3.40. The highest BCUT2D eigenvalue weighted by Gasteiger charge is 2.09. The molecule has 3 aromatic rings. The number of benzene rings is 1. The topological polar surface area (TPSA) is 20.7 Å².